The van der Waals surface area contributed by atoms with Crippen LogP contribution in [0, 0.1) is 5.82 Å². The predicted molar refractivity (Wildman–Crippen MR) is 113 cm³/mol. The van der Waals surface area contributed by atoms with Crippen molar-refractivity contribution < 1.29 is 28.6 Å². The fraction of sp³-hybridized carbons (Fsp3) is 0.348. The van der Waals surface area contributed by atoms with E-state index in [-0.39, 0.29) is 23.4 Å². The fourth-order valence-corrected chi connectivity index (χ4v) is 4.04. The van der Waals surface area contributed by atoms with E-state index in [0.717, 1.165) is 19.2 Å². The molecule has 2 saturated heterocycles. The van der Waals surface area contributed by atoms with Crippen LogP contribution in [0.3, 0.4) is 0 Å². The second kappa shape index (κ2) is 9.46. The topological polar surface area (TPSA) is 92.2 Å². The van der Waals surface area contributed by atoms with E-state index in [1.807, 2.05) is 0 Å². The number of amides is 1. The SMILES string of the molecule is COc1ccc(/C(O)=C2\C(=O)C(=O)N(CCN3CCOCC3)[C@@H]2c2cccnc2)cc1F. The number of aliphatic hydroxyl groups is 1. The summed E-state index contributed by atoms with van der Waals surface area (Å²) in [5.74, 6) is -2.63. The molecular weight excluding hydrogens is 417 g/mol. The van der Waals surface area contributed by atoms with Crippen molar-refractivity contribution in [2.75, 3.05) is 46.5 Å². The van der Waals surface area contributed by atoms with Gasteiger partial charge in [-0.25, -0.2) is 4.39 Å². The first-order chi connectivity index (χ1) is 15.5. The first-order valence-corrected chi connectivity index (χ1v) is 10.3. The zero-order valence-corrected chi connectivity index (χ0v) is 17.7. The minimum Gasteiger partial charge on any atom is -0.507 e. The second-order valence-corrected chi connectivity index (χ2v) is 7.58. The van der Waals surface area contributed by atoms with Gasteiger partial charge < -0.3 is 19.5 Å². The average molecular weight is 441 g/mol. The van der Waals surface area contributed by atoms with E-state index in [2.05, 4.69) is 9.88 Å². The molecule has 0 radical (unpaired) electrons. The summed E-state index contributed by atoms with van der Waals surface area (Å²) in [6.07, 6.45) is 3.14. The number of Topliss-reactive ketones (excluding diaryl/α,β-unsaturated/α-hetero) is 1. The van der Waals surface area contributed by atoms with Crippen LogP contribution in [-0.2, 0) is 14.3 Å². The van der Waals surface area contributed by atoms with E-state index < -0.39 is 29.3 Å². The molecule has 1 amide bonds. The Kier molecular flexibility index (Phi) is 6.48. The molecule has 4 rings (SSSR count). The molecule has 2 fully saturated rings. The number of morpholine rings is 1. The number of ketones is 1. The van der Waals surface area contributed by atoms with Crippen molar-refractivity contribution in [1.82, 2.24) is 14.8 Å². The molecule has 0 unspecified atom stereocenters. The average Bonchev–Trinajstić information content (AvgIpc) is 3.08. The smallest absolute Gasteiger partial charge is 0.295 e. The van der Waals surface area contributed by atoms with Crippen LogP contribution in [0.15, 0.2) is 48.3 Å². The molecule has 0 bridgehead atoms. The maximum atomic E-state index is 14.2. The number of aromatic nitrogens is 1. The number of aliphatic hydroxyl groups excluding tert-OH is 1. The van der Waals surface area contributed by atoms with Crippen molar-refractivity contribution in [2.45, 2.75) is 6.04 Å². The van der Waals surface area contributed by atoms with E-state index in [0.29, 0.717) is 25.3 Å². The van der Waals surface area contributed by atoms with Crippen molar-refractivity contribution in [1.29, 1.82) is 0 Å². The largest absolute Gasteiger partial charge is 0.507 e. The number of halogens is 1. The normalized spacial score (nSPS) is 21.2. The van der Waals surface area contributed by atoms with Crippen LogP contribution in [0.1, 0.15) is 17.2 Å². The molecule has 2 aliphatic rings. The standard InChI is InChI=1S/C23H24FN3O5/c1-31-18-5-4-15(13-17(18)24)21(28)19-20(16-3-2-6-25-14-16)27(23(30)22(19)29)8-7-26-9-11-32-12-10-26/h2-6,13-14,20,28H,7-12H2,1H3/b21-19+/t20-/m1/s1. The monoisotopic (exact) mass is 441 g/mol. The number of methoxy groups -OCH3 is 1. The van der Waals surface area contributed by atoms with Gasteiger partial charge in [-0.15, -0.1) is 0 Å². The fourth-order valence-electron chi connectivity index (χ4n) is 4.04. The highest BCUT2D eigenvalue weighted by Crippen LogP contribution is 2.39. The van der Waals surface area contributed by atoms with Crippen LogP contribution < -0.4 is 4.74 Å². The van der Waals surface area contributed by atoms with Crippen LogP contribution >= 0.6 is 0 Å². The molecule has 0 spiro atoms. The van der Waals surface area contributed by atoms with Crippen LogP contribution in [0.4, 0.5) is 4.39 Å². The number of carbonyl (C=O) groups excluding carboxylic acids is 2. The Morgan fingerprint density at radius 2 is 2.03 bits per heavy atom. The zero-order valence-electron chi connectivity index (χ0n) is 17.7. The number of ether oxygens (including phenoxy) is 2. The molecule has 1 atom stereocenters. The molecule has 2 aromatic rings. The minimum absolute atomic E-state index is 0.0105. The molecule has 3 heterocycles. The van der Waals surface area contributed by atoms with Gasteiger partial charge in [-0.2, -0.15) is 0 Å². The summed E-state index contributed by atoms with van der Waals surface area (Å²) in [4.78, 5) is 33.7. The molecule has 2 aliphatic heterocycles. The van der Waals surface area contributed by atoms with E-state index >= 15 is 0 Å². The third-order valence-corrected chi connectivity index (χ3v) is 5.73. The Hall–Kier alpha value is -3.30. The number of hydrogen-bond acceptors (Lipinski definition) is 7. The summed E-state index contributed by atoms with van der Waals surface area (Å²) in [7, 11) is 1.33. The second-order valence-electron chi connectivity index (χ2n) is 7.58. The summed E-state index contributed by atoms with van der Waals surface area (Å²) in [6, 6.07) is 6.50. The Bertz CT molecular complexity index is 1040. The lowest BCUT2D eigenvalue weighted by atomic mass is 9.96. The lowest BCUT2D eigenvalue weighted by Gasteiger charge is -2.30. The lowest BCUT2D eigenvalue weighted by molar-refractivity contribution is -0.140. The number of nitrogens with zero attached hydrogens (tertiary/aromatic N) is 3. The van der Waals surface area contributed by atoms with Crippen molar-refractivity contribution in [2.24, 2.45) is 0 Å². The van der Waals surface area contributed by atoms with Gasteiger partial charge in [0.2, 0.25) is 0 Å². The molecule has 0 saturated carbocycles. The lowest BCUT2D eigenvalue weighted by Crippen LogP contribution is -2.42. The third-order valence-electron chi connectivity index (χ3n) is 5.73. The summed E-state index contributed by atoms with van der Waals surface area (Å²) < 4.78 is 24.5. The molecule has 32 heavy (non-hydrogen) atoms. The van der Waals surface area contributed by atoms with E-state index in [4.69, 9.17) is 9.47 Å². The number of carbonyl (C=O) groups is 2. The van der Waals surface area contributed by atoms with Gasteiger partial charge in [-0.3, -0.25) is 19.5 Å². The van der Waals surface area contributed by atoms with Gasteiger partial charge in [0.05, 0.1) is 31.9 Å². The Balaban J connectivity index is 1.72. The molecule has 9 heteroatoms. The van der Waals surface area contributed by atoms with E-state index in [1.165, 1.54) is 24.1 Å². The number of benzene rings is 1. The summed E-state index contributed by atoms with van der Waals surface area (Å²) in [5, 5.41) is 11.0. The molecule has 1 aromatic heterocycles. The van der Waals surface area contributed by atoms with Crippen LogP contribution in [0.25, 0.3) is 5.76 Å². The van der Waals surface area contributed by atoms with Crippen molar-refractivity contribution in [3.05, 3.63) is 65.2 Å². The summed E-state index contributed by atoms with van der Waals surface area (Å²) >= 11 is 0. The summed E-state index contributed by atoms with van der Waals surface area (Å²) in [6.45, 7) is 3.57. The highest BCUT2D eigenvalue weighted by Gasteiger charge is 2.46. The van der Waals surface area contributed by atoms with Crippen molar-refractivity contribution in [3.63, 3.8) is 0 Å². The minimum atomic E-state index is -0.824. The predicted octanol–water partition coefficient (Wildman–Crippen LogP) is 1.98. The molecule has 168 valence electrons. The van der Waals surface area contributed by atoms with Gasteiger partial charge in [-0.05, 0) is 29.8 Å². The van der Waals surface area contributed by atoms with Crippen LogP contribution in [0.5, 0.6) is 5.75 Å². The number of likely N-dealkylation sites (tertiary alicyclic amines) is 1. The number of rotatable bonds is 6. The highest BCUT2D eigenvalue weighted by molar-refractivity contribution is 6.46. The van der Waals surface area contributed by atoms with E-state index in [9.17, 15) is 19.1 Å². The number of pyridine rings is 1. The zero-order chi connectivity index (χ0) is 22.7. The van der Waals surface area contributed by atoms with Crippen molar-refractivity contribution in [3.8, 4) is 5.75 Å². The van der Waals surface area contributed by atoms with Gasteiger partial charge in [0.15, 0.2) is 11.6 Å². The third kappa shape index (κ3) is 4.21. The number of hydrogen-bond donors (Lipinski definition) is 1. The molecule has 8 nitrogen and oxygen atoms in total. The molecule has 1 aromatic carbocycles. The van der Waals surface area contributed by atoms with Crippen LogP contribution in [-0.4, -0.2) is 78.1 Å². The first kappa shape index (κ1) is 21.9. The Morgan fingerprint density at radius 1 is 1.25 bits per heavy atom. The van der Waals surface area contributed by atoms with Gasteiger partial charge in [0.25, 0.3) is 11.7 Å². The quantitative estimate of drug-likeness (QED) is 0.416. The first-order valence-electron chi connectivity index (χ1n) is 10.3. The molecule has 1 N–H and O–H groups in total. The summed E-state index contributed by atoms with van der Waals surface area (Å²) in [5.41, 5.74) is 0.585. The van der Waals surface area contributed by atoms with Crippen molar-refractivity contribution >= 4 is 17.4 Å². The highest BCUT2D eigenvalue weighted by atomic mass is 19.1. The van der Waals surface area contributed by atoms with Gasteiger partial charge in [0.1, 0.15) is 5.76 Å². The van der Waals surface area contributed by atoms with Gasteiger partial charge >= 0.3 is 0 Å². The maximum Gasteiger partial charge on any atom is 0.295 e. The molecular formula is C23H24FN3O5. The van der Waals surface area contributed by atoms with Gasteiger partial charge in [-0.1, -0.05) is 6.07 Å². The Morgan fingerprint density at radius 3 is 2.69 bits per heavy atom. The van der Waals surface area contributed by atoms with E-state index in [1.54, 1.807) is 24.5 Å². The maximum absolute atomic E-state index is 14.2. The van der Waals surface area contributed by atoms with Gasteiger partial charge in [0, 0.05) is 44.1 Å². The Labute approximate surface area is 184 Å². The molecule has 0 aliphatic carbocycles. The van der Waals surface area contributed by atoms with Crippen LogP contribution in [0.2, 0.25) is 0 Å².